The van der Waals surface area contributed by atoms with E-state index in [2.05, 4.69) is 131 Å². The maximum Gasteiger partial charge on any atom is 0.329 e. The highest BCUT2D eigenvalue weighted by atomic mass is 15.1. The van der Waals surface area contributed by atoms with E-state index < -0.39 is 0 Å². The van der Waals surface area contributed by atoms with Gasteiger partial charge in [-0.3, -0.25) is 0 Å². The van der Waals surface area contributed by atoms with Gasteiger partial charge in [0.1, 0.15) is 0 Å². The molecule has 0 spiro atoms. The molecule has 0 saturated heterocycles. The maximum atomic E-state index is 2.51. The second kappa shape index (κ2) is 9.08. The normalized spacial score (nSPS) is 10.8. The van der Waals surface area contributed by atoms with Crippen molar-refractivity contribution in [3.05, 3.63) is 118 Å². The van der Waals surface area contributed by atoms with Crippen LogP contribution in [0.15, 0.2) is 84.9 Å². The fourth-order valence-corrected chi connectivity index (χ4v) is 5.27. The summed E-state index contributed by atoms with van der Waals surface area (Å²) in [5.41, 5.74) is 13.1. The second-order valence-corrected chi connectivity index (χ2v) is 9.07. The van der Waals surface area contributed by atoms with Gasteiger partial charge in [0.25, 0.3) is 0 Å². The van der Waals surface area contributed by atoms with Gasteiger partial charge >= 0.3 is 6.85 Å². The highest BCUT2D eigenvalue weighted by Gasteiger charge is 2.34. The lowest BCUT2D eigenvalue weighted by Gasteiger charge is -2.36. The standard InChI is InChI=1S/C30H32BN/c1-21-17-23(3)29(24(4)18-21)31(30-25(5)19-22(2)20-26(30)6)32(27-13-9-7-10-14-27)28-15-11-8-12-16-28/h7-20H,1-6H3. The summed E-state index contributed by atoms with van der Waals surface area (Å²) >= 11 is 0. The first-order valence-electron chi connectivity index (χ1n) is 11.4. The smallest absolute Gasteiger partial charge is 0.329 e. The minimum absolute atomic E-state index is 0.0704. The Morgan fingerprint density at radius 1 is 0.469 bits per heavy atom. The molecule has 0 heterocycles. The average molecular weight is 417 g/mol. The molecule has 0 aliphatic rings. The Kier molecular flexibility index (Phi) is 6.23. The van der Waals surface area contributed by atoms with E-state index in [1.54, 1.807) is 0 Å². The molecule has 32 heavy (non-hydrogen) atoms. The third-order valence-corrected chi connectivity index (χ3v) is 6.35. The van der Waals surface area contributed by atoms with Crippen LogP contribution in [0.4, 0.5) is 11.4 Å². The van der Waals surface area contributed by atoms with E-state index in [0.29, 0.717) is 0 Å². The number of aryl methyl sites for hydroxylation is 6. The first kappa shape index (κ1) is 22.0. The summed E-state index contributed by atoms with van der Waals surface area (Å²) in [5.74, 6) is 0. The summed E-state index contributed by atoms with van der Waals surface area (Å²) in [5, 5.41) is 0. The SMILES string of the molecule is Cc1cc(C)c(B(c2c(C)cc(C)cc2C)N(c2ccccc2)c2ccccc2)c(C)c1. The van der Waals surface area contributed by atoms with Crippen LogP contribution in [0.25, 0.3) is 0 Å². The van der Waals surface area contributed by atoms with Crippen LogP contribution in [0, 0.1) is 41.5 Å². The van der Waals surface area contributed by atoms with E-state index in [1.165, 1.54) is 55.7 Å². The number of hydrogen-bond donors (Lipinski definition) is 0. The van der Waals surface area contributed by atoms with E-state index >= 15 is 0 Å². The molecule has 0 radical (unpaired) electrons. The molecule has 0 unspecified atom stereocenters. The highest BCUT2D eigenvalue weighted by molar-refractivity contribution is 6.90. The van der Waals surface area contributed by atoms with Gasteiger partial charge in [0, 0.05) is 11.4 Å². The molecule has 1 nitrogen and oxygen atoms in total. The molecule has 160 valence electrons. The van der Waals surface area contributed by atoms with E-state index in [0.717, 1.165) is 0 Å². The van der Waals surface area contributed by atoms with Gasteiger partial charge in [0.2, 0.25) is 0 Å². The Labute approximate surface area is 193 Å². The van der Waals surface area contributed by atoms with Crippen LogP contribution in [-0.2, 0) is 0 Å². The number of hydrogen-bond acceptors (Lipinski definition) is 1. The Morgan fingerprint density at radius 2 is 0.781 bits per heavy atom. The zero-order valence-corrected chi connectivity index (χ0v) is 20.1. The molecular formula is C30H32BN. The lowest BCUT2D eigenvalue weighted by molar-refractivity contribution is 1.31. The molecule has 0 N–H and O–H groups in total. The van der Waals surface area contributed by atoms with Gasteiger partial charge in [0.15, 0.2) is 0 Å². The lowest BCUT2D eigenvalue weighted by atomic mass is 9.45. The highest BCUT2D eigenvalue weighted by Crippen LogP contribution is 2.28. The fourth-order valence-electron chi connectivity index (χ4n) is 5.27. The summed E-state index contributed by atoms with van der Waals surface area (Å²) in [6.07, 6.45) is 0. The van der Waals surface area contributed by atoms with Crippen LogP contribution in [0.5, 0.6) is 0 Å². The third-order valence-electron chi connectivity index (χ3n) is 6.35. The molecule has 0 bridgehead atoms. The lowest BCUT2D eigenvalue weighted by Crippen LogP contribution is -2.58. The molecule has 4 aromatic carbocycles. The largest absolute Gasteiger partial charge is 0.377 e. The number of benzene rings is 4. The Morgan fingerprint density at radius 3 is 1.09 bits per heavy atom. The van der Waals surface area contributed by atoms with Crippen molar-refractivity contribution in [2.75, 3.05) is 4.81 Å². The molecule has 0 aliphatic carbocycles. The molecule has 4 aromatic rings. The van der Waals surface area contributed by atoms with Crippen molar-refractivity contribution in [3.8, 4) is 0 Å². The quantitative estimate of drug-likeness (QED) is 0.336. The molecule has 2 heteroatoms. The molecule has 4 rings (SSSR count). The second-order valence-electron chi connectivity index (χ2n) is 9.07. The summed E-state index contributed by atoms with van der Waals surface area (Å²) < 4.78 is 0. The predicted octanol–water partition coefficient (Wildman–Crippen LogP) is 6.48. The van der Waals surface area contributed by atoms with E-state index in [9.17, 15) is 0 Å². The van der Waals surface area contributed by atoms with Crippen molar-refractivity contribution in [2.45, 2.75) is 41.5 Å². The van der Waals surface area contributed by atoms with Gasteiger partial charge in [-0.05, 0) is 76.7 Å². The summed E-state index contributed by atoms with van der Waals surface area (Å²) in [6.45, 7) is 13.5. The maximum absolute atomic E-state index is 2.51. The average Bonchev–Trinajstić information content (AvgIpc) is 2.74. The van der Waals surface area contributed by atoms with E-state index in [-0.39, 0.29) is 6.85 Å². The molecular weight excluding hydrogens is 385 g/mol. The Hall–Kier alpha value is -3.26. The zero-order chi connectivity index (χ0) is 22.8. The summed E-state index contributed by atoms with van der Waals surface area (Å²) in [6, 6.07) is 30.9. The van der Waals surface area contributed by atoms with Crippen LogP contribution in [0.1, 0.15) is 33.4 Å². The minimum atomic E-state index is 0.0704. The van der Waals surface area contributed by atoms with Crippen molar-refractivity contribution in [2.24, 2.45) is 0 Å². The fraction of sp³-hybridized carbons (Fsp3) is 0.200. The van der Waals surface area contributed by atoms with Gasteiger partial charge in [-0.1, -0.05) is 94.0 Å². The van der Waals surface area contributed by atoms with Gasteiger partial charge in [-0.2, -0.15) is 0 Å². The molecule has 0 atom stereocenters. The molecule has 0 saturated carbocycles. The van der Waals surface area contributed by atoms with Crippen LogP contribution >= 0.6 is 0 Å². The van der Waals surface area contributed by atoms with Crippen LogP contribution in [0.2, 0.25) is 0 Å². The summed E-state index contributed by atoms with van der Waals surface area (Å²) in [7, 11) is 0. The summed E-state index contributed by atoms with van der Waals surface area (Å²) in [4.78, 5) is 2.51. The Balaban J connectivity index is 2.09. The van der Waals surface area contributed by atoms with E-state index in [1.807, 2.05) is 0 Å². The number of para-hydroxylation sites is 2. The first-order valence-corrected chi connectivity index (χ1v) is 11.4. The molecule has 0 amide bonds. The zero-order valence-electron chi connectivity index (χ0n) is 20.1. The molecule has 0 aliphatic heterocycles. The van der Waals surface area contributed by atoms with Crippen molar-refractivity contribution in [1.29, 1.82) is 0 Å². The van der Waals surface area contributed by atoms with Crippen molar-refractivity contribution in [1.82, 2.24) is 0 Å². The number of anilines is 2. The van der Waals surface area contributed by atoms with Crippen molar-refractivity contribution in [3.63, 3.8) is 0 Å². The predicted molar refractivity (Wildman–Crippen MR) is 141 cm³/mol. The van der Waals surface area contributed by atoms with Crippen LogP contribution in [0.3, 0.4) is 0 Å². The van der Waals surface area contributed by atoms with Gasteiger partial charge < -0.3 is 4.81 Å². The number of nitrogens with zero attached hydrogens (tertiary/aromatic N) is 1. The van der Waals surface area contributed by atoms with Crippen molar-refractivity contribution >= 4 is 29.1 Å². The van der Waals surface area contributed by atoms with E-state index in [4.69, 9.17) is 0 Å². The van der Waals surface area contributed by atoms with Gasteiger partial charge in [-0.15, -0.1) is 0 Å². The third kappa shape index (κ3) is 4.23. The molecule has 0 fully saturated rings. The Bertz CT molecular complexity index is 1090. The van der Waals surface area contributed by atoms with Crippen LogP contribution in [-0.4, -0.2) is 6.85 Å². The van der Waals surface area contributed by atoms with Gasteiger partial charge in [-0.25, -0.2) is 0 Å². The number of rotatable bonds is 5. The molecule has 0 aromatic heterocycles. The first-order chi connectivity index (χ1) is 15.4. The minimum Gasteiger partial charge on any atom is -0.377 e. The topological polar surface area (TPSA) is 3.24 Å². The van der Waals surface area contributed by atoms with Crippen molar-refractivity contribution < 1.29 is 0 Å². The monoisotopic (exact) mass is 417 g/mol. The van der Waals surface area contributed by atoms with Gasteiger partial charge in [0.05, 0.1) is 0 Å². The van der Waals surface area contributed by atoms with Crippen LogP contribution < -0.4 is 15.7 Å².